The molecule has 4 fully saturated rings. The summed E-state index contributed by atoms with van der Waals surface area (Å²) < 4.78 is 11.0. The zero-order chi connectivity index (χ0) is 44.2. The van der Waals surface area contributed by atoms with E-state index in [1.807, 2.05) is 63.7 Å². The van der Waals surface area contributed by atoms with Crippen LogP contribution in [0.15, 0.2) is 60.9 Å². The molecule has 15 heteroatoms. The molecule has 2 aliphatic carbocycles. The molecule has 2 aliphatic heterocycles. The maximum atomic E-state index is 13.9. The minimum Gasteiger partial charge on any atom is -0.444 e. The first-order valence-corrected chi connectivity index (χ1v) is 22.5. The summed E-state index contributed by atoms with van der Waals surface area (Å²) in [6.07, 6.45) is 9.46. The number of H-pyrrole nitrogens is 3. The van der Waals surface area contributed by atoms with Crippen molar-refractivity contribution in [3.05, 3.63) is 72.6 Å². The lowest BCUT2D eigenvalue weighted by Gasteiger charge is -2.29. The third-order valence-electron chi connectivity index (χ3n) is 12.4. The molecule has 5 N–H and O–H groups in total. The van der Waals surface area contributed by atoms with Gasteiger partial charge < -0.3 is 44.9 Å². The topological polar surface area (TPSA) is 190 Å². The number of fused-ring (bicyclic) bond motifs is 1. The number of benzene rings is 2. The van der Waals surface area contributed by atoms with Crippen LogP contribution in [-0.4, -0.2) is 95.1 Å². The third-order valence-corrected chi connectivity index (χ3v) is 12.4. The summed E-state index contributed by atoms with van der Waals surface area (Å²) in [6, 6.07) is 15.1. The zero-order valence-electron chi connectivity index (χ0n) is 37.0. The Hall–Kier alpha value is -6.12. The number of hydrogen-bond donors (Lipinski definition) is 5. The van der Waals surface area contributed by atoms with Gasteiger partial charge in [-0.3, -0.25) is 9.59 Å². The molecular weight excluding hydrogens is 799 g/mol. The number of aromatic amines is 3. The van der Waals surface area contributed by atoms with Gasteiger partial charge in [0, 0.05) is 35.2 Å². The van der Waals surface area contributed by atoms with E-state index >= 15 is 0 Å². The van der Waals surface area contributed by atoms with Crippen molar-refractivity contribution in [2.24, 2.45) is 11.8 Å². The van der Waals surface area contributed by atoms with Crippen molar-refractivity contribution in [1.29, 1.82) is 0 Å². The average Bonchev–Trinajstić information content (AvgIpc) is 3.82. The molecule has 2 saturated heterocycles. The maximum Gasteiger partial charge on any atom is 0.408 e. The van der Waals surface area contributed by atoms with Gasteiger partial charge in [0.25, 0.3) is 0 Å². The first kappa shape index (κ1) is 42.2. The van der Waals surface area contributed by atoms with Gasteiger partial charge in [-0.1, -0.05) is 30.3 Å². The molecule has 2 saturated carbocycles. The number of likely N-dealkylation sites (tertiary alicyclic amines) is 2. The van der Waals surface area contributed by atoms with Gasteiger partial charge in [0.1, 0.15) is 34.9 Å². The van der Waals surface area contributed by atoms with Gasteiger partial charge in [-0.15, -0.1) is 0 Å². The van der Waals surface area contributed by atoms with Gasteiger partial charge in [0.15, 0.2) is 0 Å². The van der Waals surface area contributed by atoms with E-state index in [1.165, 1.54) is 0 Å². The summed E-state index contributed by atoms with van der Waals surface area (Å²) in [4.78, 5) is 76.9. The highest BCUT2D eigenvalue weighted by Gasteiger charge is 2.45. The van der Waals surface area contributed by atoms with Gasteiger partial charge >= 0.3 is 12.2 Å². The van der Waals surface area contributed by atoms with Crippen molar-refractivity contribution < 1.29 is 28.7 Å². The second kappa shape index (κ2) is 16.5. The first-order chi connectivity index (χ1) is 30.1. The molecule has 332 valence electrons. The summed E-state index contributed by atoms with van der Waals surface area (Å²) in [6.45, 7) is 12.1. The van der Waals surface area contributed by atoms with Gasteiger partial charge in [-0.2, -0.15) is 0 Å². The molecule has 5 aromatic rings. The summed E-state index contributed by atoms with van der Waals surface area (Å²) in [5, 5.41) is 6.80. The van der Waals surface area contributed by atoms with Crippen molar-refractivity contribution in [2.75, 3.05) is 13.1 Å². The fourth-order valence-corrected chi connectivity index (χ4v) is 9.07. The van der Waals surface area contributed by atoms with Crippen LogP contribution >= 0.6 is 0 Å². The van der Waals surface area contributed by atoms with E-state index in [9.17, 15) is 19.2 Å². The highest BCUT2D eigenvalue weighted by Crippen LogP contribution is 2.40. The predicted octanol–water partition coefficient (Wildman–Crippen LogP) is 8.55. The number of aromatic nitrogens is 5. The summed E-state index contributed by atoms with van der Waals surface area (Å²) >= 11 is 0. The molecule has 2 aromatic carbocycles. The van der Waals surface area contributed by atoms with E-state index in [4.69, 9.17) is 19.4 Å². The van der Waals surface area contributed by atoms with Crippen LogP contribution in [0.4, 0.5) is 9.59 Å². The third kappa shape index (κ3) is 9.47. The van der Waals surface area contributed by atoms with Crippen LogP contribution in [0.2, 0.25) is 0 Å². The van der Waals surface area contributed by atoms with E-state index in [2.05, 4.69) is 74.1 Å². The molecule has 4 aliphatic rings. The Kier molecular flexibility index (Phi) is 11.1. The normalized spacial score (nSPS) is 20.2. The van der Waals surface area contributed by atoms with Gasteiger partial charge in [0.2, 0.25) is 11.8 Å². The molecule has 9 rings (SSSR count). The SMILES string of the molecule is CC(C)(C)OC(=O)NC(C(=O)N1CCC[C@@H]1c1ncc(-c2ccc3[nH]c(-c4ccc(-c5cnc([C@H]6CCCN6C(=O)[C@@H](NC(=O)OC(C)(C)C)C6CC6)[nH]5)cc4)cc3c2)[nH]1)C1CC1. The monoisotopic (exact) mass is 857 g/mol. The molecule has 15 nitrogen and oxygen atoms in total. The molecular formula is C48H59N9O6. The van der Waals surface area contributed by atoms with E-state index in [0.29, 0.717) is 13.1 Å². The molecule has 4 atom stereocenters. The second-order valence-corrected chi connectivity index (χ2v) is 19.7. The van der Waals surface area contributed by atoms with Crippen LogP contribution in [0.25, 0.3) is 44.7 Å². The van der Waals surface area contributed by atoms with E-state index in [-0.39, 0.29) is 35.7 Å². The van der Waals surface area contributed by atoms with Gasteiger partial charge in [-0.25, -0.2) is 19.6 Å². The van der Waals surface area contributed by atoms with Crippen molar-refractivity contribution >= 4 is 34.9 Å². The Morgan fingerprint density at radius 3 is 1.51 bits per heavy atom. The molecule has 0 spiro atoms. The Morgan fingerprint density at radius 1 is 0.603 bits per heavy atom. The smallest absolute Gasteiger partial charge is 0.408 e. The number of amides is 4. The minimum atomic E-state index is -0.650. The number of nitrogens with zero attached hydrogens (tertiary/aromatic N) is 4. The number of nitrogens with one attached hydrogen (secondary N) is 5. The lowest BCUT2D eigenvalue weighted by Crippen LogP contribution is -2.50. The van der Waals surface area contributed by atoms with Crippen LogP contribution in [0.5, 0.6) is 0 Å². The zero-order valence-corrected chi connectivity index (χ0v) is 37.0. The van der Waals surface area contributed by atoms with Crippen LogP contribution in [0, 0.1) is 11.8 Å². The standard InChI is InChI=1S/C48H59N9O6/c1-47(2,3)62-45(60)54-39(29-15-16-29)43(58)56-21-7-9-37(56)41-49-25-35(52-41)28-13-11-27(12-14-28)34-24-32-23-31(19-20-33(32)51-34)36-26-50-42(53-36)38-10-8-22-57(38)44(59)40(30-17-18-30)55-46(61)63-48(4,5)6/h11-14,19-20,23-26,29-30,37-40,51H,7-10,15-18,21-22H2,1-6H3,(H,49,52)(H,50,53)(H,54,60)(H,55,61)/t37-,38-,39+,40?/m1/s1. The van der Waals surface area contributed by atoms with Gasteiger partial charge in [0.05, 0.1) is 35.9 Å². The number of carbonyl (C=O) groups is 4. The highest BCUT2D eigenvalue weighted by molar-refractivity contribution is 5.90. The Labute approximate surface area is 367 Å². The van der Waals surface area contributed by atoms with Gasteiger partial charge in [-0.05, 0) is 134 Å². The molecule has 5 heterocycles. The predicted molar refractivity (Wildman–Crippen MR) is 238 cm³/mol. The number of hydrogen-bond acceptors (Lipinski definition) is 8. The van der Waals surface area contributed by atoms with Crippen molar-refractivity contribution in [1.82, 2.24) is 45.4 Å². The van der Waals surface area contributed by atoms with Crippen LogP contribution in [0.3, 0.4) is 0 Å². The molecule has 0 bridgehead atoms. The average molecular weight is 858 g/mol. The summed E-state index contributed by atoms with van der Waals surface area (Å²) in [5.74, 6) is 1.57. The number of imidazole rings is 2. The first-order valence-electron chi connectivity index (χ1n) is 22.5. The Bertz CT molecular complexity index is 2500. The lowest BCUT2D eigenvalue weighted by molar-refractivity contribution is -0.135. The van der Waals surface area contributed by atoms with Crippen molar-refractivity contribution in [2.45, 2.75) is 128 Å². The van der Waals surface area contributed by atoms with E-state index in [1.54, 1.807) is 0 Å². The van der Waals surface area contributed by atoms with E-state index < -0.39 is 35.5 Å². The van der Waals surface area contributed by atoms with Crippen molar-refractivity contribution in [3.63, 3.8) is 0 Å². The molecule has 63 heavy (non-hydrogen) atoms. The minimum absolute atomic E-state index is 0.0779. The quantitative estimate of drug-likeness (QED) is 0.0873. The van der Waals surface area contributed by atoms with Crippen LogP contribution in [0.1, 0.15) is 117 Å². The Balaban J connectivity index is 0.853. The molecule has 0 radical (unpaired) electrons. The fourth-order valence-electron chi connectivity index (χ4n) is 9.07. The number of carbonyl (C=O) groups excluding carboxylic acids is 4. The number of rotatable bonds is 11. The van der Waals surface area contributed by atoms with Crippen LogP contribution in [-0.2, 0) is 19.1 Å². The largest absolute Gasteiger partial charge is 0.444 e. The second-order valence-electron chi connectivity index (χ2n) is 19.7. The molecule has 4 amide bonds. The number of ether oxygens (including phenoxy) is 2. The molecule has 1 unspecified atom stereocenters. The Morgan fingerprint density at radius 2 is 1.05 bits per heavy atom. The van der Waals surface area contributed by atoms with Crippen molar-refractivity contribution in [3.8, 4) is 33.8 Å². The maximum absolute atomic E-state index is 13.9. The summed E-state index contributed by atoms with van der Waals surface area (Å²) in [5.41, 5.74) is 5.43. The highest BCUT2D eigenvalue weighted by atomic mass is 16.6. The molecule has 3 aromatic heterocycles. The lowest BCUT2D eigenvalue weighted by atomic mass is 10.1. The van der Waals surface area contributed by atoms with Crippen LogP contribution < -0.4 is 10.6 Å². The number of alkyl carbamates (subject to hydrolysis) is 2. The van der Waals surface area contributed by atoms with E-state index in [0.717, 1.165) is 108 Å². The summed E-state index contributed by atoms with van der Waals surface area (Å²) in [7, 11) is 0. The fraction of sp³-hybridized carbons (Fsp3) is 0.500.